The van der Waals surface area contributed by atoms with Gasteiger partial charge in [0.2, 0.25) is 11.7 Å². The van der Waals surface area contributed by atoms with Crippen molar-refractivity contribution in [2.75, 3.05) is 6.54 Å². The number of aryl methyl sites for hydroxylation is 1. The van der Waals surface area contributed by atoms with Crippen LogP contribution in [-0.2, 0) is 0 Å². The van der Waals surface area contributed by atoms with Crippen LogP contribution in [0.3, 0.4) is 0 Å². The van der Waals surface area contributed by atoms with Crippen molar-refractivity contribution in [3.8, 4) is 11.5 Å². The molecule has 1 saturated heterocycles. The van der Waals surface area contributed by atoms with E-state index in [1.54, 1.807) is 12.3 Å². The zero-order valence-electron chi connectivity index (χ0n) is 10.3. The molecule has 0 aliphatic carbocycles. The van der Waals surface area contributed by atoms with Crippen LogP contribution in [0.1, 0.15) is 37.0 Å². The van der Waals surface area contributed by atoms with Crippen molar-refractivity contribution in [2.45, 2.75) is 32.2 Å². The van der Waals surface area contributed by atoms with Crippen LogP contribution in [0.2, 0.25) is 0 Å². The fourth-order valence-corrected chi connectivity index (χ4v) is 2.12. The third-order valence-electron chi connectivity index (χ3n) is 3.06. The Hall–Kier alpha value is -1.82. The fourth-order valence-electron chi connectivity index (χ4n) is 2.12. The summed E-state index contributed by atoms with van der Waals surface area (Å²) in [6.45, 7) is 2.85. The van der Waals surface area contributed by atoms with Gasteiger partial charge in [0.15, 0.2) is 0 Å². The molecule has 2 aromatic rings. The van der Waals surface area contributed by atoms with E-state index in [0.29, 0.717) is 23.2 Å². The molecule has 3 rings (SSSR count). The highest BCUT2D eigenvalue weighted by atomic mass is 16.5. The quantitative estimate of drug-likeness (QED) is 0.866. The first kappa shape index (κ1) is 11.3. The van der Waals surface area contributed by atoms with Gasteiger partial charge in [-0.2, -0.15) is 4.98 Å². The summed E-state index contributed by atoms with van der Waals surface area (Å²) < 4.78 is 5.31. The minimum Gasteiger partial charge on any atom is -0.337 e. The van der Waals surface area contributed by atoms with E-state index in [1.807, 2.05) is 6.92 Å². The molecule has 0 saturated carbocycles. The molecule has 1 unspecified atom stereocenters. The smallest absolute Gasteiger partial charge is 0.244 e. The molecule has 18 heavy (non-hydrogen) atoms. The third-order valence-corrected chi connectivity index (χ3v) is 3.06. The van der Waals surface area contributed by atoms with Gasteiger partial charge in [0.1, 0.15) is 11.5 Å². The largest absolute Gasteiger partial charge is 0.337 e. The van der Waals surface area contributed by atoms with Gasteiger partial charge in [0, 0.05) is 6.20 Å². The van der Waals surface area contributed by atoms with E-state index in [0.717, 1.165) is 13.0 Å². The summed E-state index contributed by atoms with van der Waals surface area (Å²) in [6.07, 6.45) is 5.15. The first-order valence-electron chi connectivity index (χ1n) is 6.20. The highest BCUT2D eigenvalue weighted by molar-refractivity contribution is 5.47. The molecule has 1 N–H and O–H groups in total. The Morgan fingerprint density at radius 1 is 1.33 bits per heavy atom. The average Bonchev–Trinajstić information content (AvgIpc) is 2.89. The third kappa shape index (κ3) is 2.24. The van der Waals surface area contributed by atoms with Gasteiger partial charge in [0.25, 0.3) is 0 Å². The standard InChI is InChI=1S/C12H15N5O/c1-8-13-7-5-9(15-8)11-16-12(18-17-11)10-4-2-3-6-14-10/h5,7,10,14H,2-4,6H2,1H3. The Balaban J connectivity index is 1.84. The molecule has 1 aliphatic rings. The number of nitrogens with zero attached hydrogens (tertiary/aromatic N) is 4. The lowest BCUT2D eigenvalue weighted by Gasteiger charge is -2.19. The van der Waals surface area contributed by atoms with Crippen LogP contribution in [-0.4, -0.2) is 26.7 Å². The maximum absolute atomic E-state index is 5.31. The van der Waals surface area contributed by atoms with Crippen molar-refractivity contribution < 1.29 is 4.52 Å². The normalized spacial score (nSPS) is 19.9. The van der Waals surface area contributed by atoms with Crippen LogP contribution in [0.15, 0.2) is 16.8 Å². The van der Waals surface area contributed by atoms with E-state index in [1.165, 1.54) is 12.8 Å². The fraction of sp³-hybridized carbons (Fsp3) is 0.500. The number of hydrogen-bond donors (Lipinski definition) is 1. The van der Waals surface area contributed by atoms with Crippen LogP contribution < -0.4 is 5.32 Å². The highest BCUT2D eigenvalue weighted by Crippen LogP contribution is 2.23. The van der Waals surface area contributed by atoms with Gasteiger partial charge in [-0.3, -0.25) is 0 Å². The van der Waals surface area contributed by atoms with Gasteiger partial charge < -0.3 is 9.84 Å². The predicted octanol–water partition coefficient (Wildman–Crippen LogP) is 1.65. The van der Waals surface area contributed by atoms with Crippen molar-refractivity contribution in [3.63, 3.8) is 0 Å². The zero-order valence-corrected chi connectivity index (χ0v) is 10.3. The van der Waals surface area contributed by atoms with Gasteiger partial charge in [-0.1, -0.05) is 11.6 Å². The molecule has 6 nitrogen and oxygen atoms in total. The van der Waals surface area contributed by atoms with Crippen LogP contribution >= 0.6 is 0 Å². The number of piperidine rings is 1. The molecular weight excluding hydrogens is 230 g/mol. The number of nitrogens with one attached hydrogen (secondary N) is 1. The number of aromatic nitrogens is 4. The Bertz CT molecular complexity index is 533. The summed E-state index contributed by atoms with van der Waals surface area (Å²) in [7, 11) is 0. The van der Waals surface area contributed by atoms with Crippen molar-refractivity contribution in [3.05, 3.63) is 24.0 Å². The van der Waals surface area contributed by atoms with Gasteiger partial charge in [-0.05, 0) is 32.4 Å². The Labute approximate surface area is 105 Å². The number of rotatable bonds is 2. The summed E-state index contributed by atoms with van der Waals surface area (Å²) in [5.41, 5.74) is 0.702. The molecule has 0 amide bonds. The van der Waals surface area contributed by atoms with E-state index < -0.39 is 0 Å². The summed E-state index contributed by atoms with van der Waals surface area (Å²) in [6, 6.07) is 1.97. The SMILES string of the molecule is Cc1nccc(-c2noc(C3CCCCN3)n2)n1. The molecule has 2 aromatic heterocycles. The number of hydrogen-bond acceptors (Lipinski definition) is 6. The molecule has 3 heterocycles. The molecule has 1 atom stereocenters. The lowest BCUT2D eigenvalue weighted by atomic mass is 10.1. The second-order valence-corrected chi connectivity index (χ2v) is 4.45. The molecule has 0 bridgehead atoms. The molecule has 1 fully saturated rings. The molecular formula is C12H15N5O. The lowest BCUT2D eigenvalue weighted by molar-refractivity contribution is 0.297. The lowest BCUT2D eigenvalue weighted by Crippen LogP contribution is -2.26. The topological polar surface area (TPSA) is 76.7 Å². The van der Waals surface area contributed by atoms with Crippen molar-refractivity contribution in [1.29, 1.82) is 0 Å². The highest BCUT2D eigenvalue weighted by Gasteiger charge is 2.21. The second-order valence-electron chi connectivity index (χ2n) is 4.45. The molecule has 1 aliphatic heterocycles. The minimum atomic E-state index is 0.183. The summed E-state index contributed by atoms with van der Waals surface area (Å²) in [4.78, 5) is 12.8. The molecule has 94 valence electrons. The second kappa shape index (κ2) is 4.81. The summed E-state index contributed by atoms with van der Waals surface area (Å²) in [5.74, 6) is 1.89. The maximum atomic E-state index is 5.31. The van der Waals surface area contributed by atoms with Crippen molar-refractivity contribution in [1.82, 2.24) is 25.4 Å². The van der Waals surface area contributed by atoms with E-state index >= 15 is 0 Å². The first-order chi connectivity index (χ1) is 8.83. The zero-order chi connectivity index (χ0) is 12.4. The van der Waals surface area contributed by atoms with E-state index in [4.69, 9.17) is 4.52 Å². The van der Waals surface area contributed by atoms with Gasteiger partial charge in [0.05, 0.1) is 6.04 Å². The van der Waals surface area contributed by atoms with Crippen LogP contribution in [0, 0.1) is 6.92 Å². The monoisotopic (exact) mass is 245 g/mol. The van der Waals surface area contributed by atoms with Crippen molar-refractivity contribution >= 4 is 0 Å². The van der Waals surface area contributed by atoms with Gasteiger partial charge >= 0.3 is 0 Å². The van der Waals surface area contributed by atoms with E-state index in [-0.39, 0.29) is 6.04 Å². The maximum Gasteiger partial charge on any atom is 0.244 e. The van der Waals surface area contributed by atoms with Crippen molar-refractivity contribution in [2.24, 2.45) is 0 Å². The van der Waals surface area contributed by atoms with Crippen LogP contribution in [0.25, 0.3) is 11.5 Å². The van der Waals surface area contributed by atoms with Crippen LogP contribution in [0.5, 0.6) is 0 Å². The van der Waals surface area contributed by atoms with Gasteiger partial charge in [-0.15, -0.1) is 0 Å². The predicted molar refractivity (Wildman–Crippen MR) is 64.7 cm³/mol. The first-order valence-corrected chi connectivity index (χ1v) is 6.20. The Morgan fingerprint density at radius 3 is 3.06 bits per heavy atom. The average molecular weight is 245 g/mol. The minimum absolute atomic E-state index is 0.183. The molecule has 0 radical (unpaired) electrons. The van der Waals surface area contributed by atoms with E-state index in [9.17, 15) is 0 Å². The Morgan fingerprint density at radius 2 is 2.28 bits per heavy atom. The molecule has 0 spiro atoms. The molecule has 0 aromatic carbocycles. The summed E-state index contributed by atoms with van der Waals surface area (Å²) in [5, 5.41) is 7.37. The van der Waals surface area contributed by atoms with E-state index in [2.05, 4.69) is 25.4 Å². The van der Waals surface area contributed by atoms with Crippen LogP contribution in [0.4, 0.5) is 0 Å². The Kier molecular flexibility index (Phi) is 3.02. The molecule has 6 heteroatoms. The summed E-state index contributed by atoms with van der Waals surface area (Å²) >= 11 is 0. The van der Waals surface area contributed by atoms with Gasteiger partial charge in [-0.25, -0.2) is 9.97 Å².